The maximum atomic E-state index is 12.6. The molecule has 0 atom stereocenters. The van der Waals surface area contributed by atoms with E-state index >= 15 is 0 Å². The molecule has 0 unspecified atom stereocenters. The number of hydrogen-bond acceptors (Lipinski definition) is 6. The van der Waals surface area contributed by atoms with E-state index in [1.165, 1.54) is 25.7 Å². The third-order valence-electron chi connectivity index (χ3n) is 5.86. The molecule has 1 aliphatic heterocycles. The van der Waals surface area contributed by atoms with E-state index in [2.05, 4.69) is 44.2 Å². The molecule has 2 aliphatic rings. The summed E-state index contributed by atoms with van der Waals surface area (Å²) in [6.45, 7) is 15.3. The van der Waals surface area contributed by atoms with Crippen LogP contribution in [0.2, 0.25) is 0 Å². The number of fused-ring (bicyclic) bond motifs is 1. The van der Waals surface area contributed by atoms with E-state index in [-0.39, 0.29) is 52.6 Å². The van der Waals surface area contributed by atoms with Crippen LogP contribution in [0.3, 0.4) is 0 Å². The van der Waals surface area contributed by atoms with Gasteiger partial charge in [-0.05, 0) is 49.8 Å². The van der Waals surface area contributed by atoms with Gasteiger partial charge in [0.25, 0.3) is 5.91 Å². The van der Waals surface area contributed by atoms with Crippen LogP contribution in [0.5, 0.6) is 0 Å². The average molecular weight is 713 g/mol. The quantitative estimate of drug-likeness (QED) is 0.103. The predicted molar refractivity (Wildman–Crippen MR) is 181 cm³/mol. The van der Waals surface area contributed by atoms with Crippen molar-refractivity contribution in [2.45, 2.75) is 119 Å². The zero-order valence-electron chi connectivity index (χ0n) is 29.1. The number of nitrogens with zero attached hydrogens (tertiary/aromatic N) is 2. The summed E-state index contributed by atoms with van der Waals surface area (Å²) >= 11 is 0. The molecule has 3 rings (SSSR count). The summed E-state index contributed by atoms with van der Waals surface area (Å²) < 4.78 is 0. The third kappa shape index (κ3) is 22.3. The molecule has 2 amide bonds. The number of carbonyl (C=O) groups is 2. The van der Waals surface area contributed by atoms with E-state index in [0.717, 1.165) is 43.9 Å². The largest absolute Gasteiger partial charge is 2.00 e. The summed E-state index contributed by atoms with van der Waals surface area (Å²) in [6, 6.07) is 1.78. The van der Waals surface area contributed by atoms with Crippen molar-refractivity contribution in [1.82, 2.24) is 15.2 Å². The number of aromatic nitrogens is 1. The van der Waals surface area contributed by atoms with Crippen LogP contribution >= 0.6 is 0 Å². The predicted octanol–water partition coefficient (Wildman–Crippen LogP) is 7.24. The molecule has 1 aromatic rings. The van der Waals surface area contributed by atoms with Crippen LogP contribution in [-0.4, -0.2) is 57.9 Å². The number of rotatable bonds is 7. The normalized spacial score (nSPS) is 13.8. The van der Waals surface area contributed by atoms with Gasteiger partial charge in [-0.15, -0.1) is 6.08 Å². The van der Waals surface area contributed by atoms with Crippen LogP contribution < -0.4 is 5.32 Å². The molecule has 0 radical (unpaired) electrons. The standard InChI is InChI=1S/C22H27N4O2.C5H10O.2C3H8.CH4O.CH3.Cd/c1-4-7-21(27)26-11-10-17-14-24-20(12-18(17)15-26)22(28)25-19(5-2)9-6-8-16(3)13-23;6-5-3-1-2-4-5;2*1-3-2;1-2;;/h5-6,8-9,12,14,23H,4,7,10-11,15H2,1-3H3,(H,25,28);5-6H,1-4H2;2*3H2,1-2H3;2H,1H3;1H3;/q-1;;;;;-1;+2/b9-6-,16-8+,19-5-;;;;;;. The molecule has 0 bridgehead atoms. The van der Waals surface area contributed by atoms with Crippen molar-refractivity contribution in [3.63, 3.8) is 0 Å². The molecule has 1 saturated carbocycles. The number of allylic oxidation sites excluding steroid dienone is 5. The SMILES string of the molecule is C/C=C(/C=C\C=C(/C)[C-]=N)NC(=O)c1cc2c(cn1)CCN(C(=O)CCC)C2.CCC.CCC.CO.OC1CCCC1.[CH3-].[Cd+2]. The minimum Gasteiger partial charge on any atom is -0.412 e. The Balaban J connectivity index is -0.000000418. The average Bonchev–Trinajstić information content (AvgIpc) is 3.48. The summed E-state index contributed by atoms with van der Waals surface area (Å²) in [5, 5.41) is 25.6. The van der Waals surface area contributed by atoms with Gasteiger partial charge >= 0.3 is 27.3 Å². The fourth-order valence-electron chi connectivity index (χ4n) is 3.79. The molecule has 4 N–H and O–H groups in total. The second-order valence-electron chi connectivity index (χ2n) is 10.0. The maximum Gasteiger partial charge on any atom is 2.00 e. The van der Waals surface area contributed by atoms with E-state index in [0.29, 0.717) is 36.5 Å². The van der Waals surface area contributed by atoms with Gasteiger partial charge in [0, 0.05) is 38.5 Å². The summed E-state index contributed by atoms with van der Waals surface area (Å²) in [4.78, 5) is 30.9. The summed E-state index contributed by atoms with van der Waals surface area (Å²) in [7, 11) is 1.00. The second-order valence-corrected chi connectivity index (χ2v) is 10.0. The van der Waals surface area contributed by atoms with Crippen molar-refractivity contribution >= 4 is 18.0 Å². The number of aliphatic hydroxyl groups is 2. The molecule has 0 spiro atoms. The molecule has 246 valence electrons. The van der Waals surface area contributed by atoms with Gasteiger partial charge in [0.15, 0.2) is 0 Å². The van der Waals surface area contributed by atoms with E-state index in [1.807, 2.05) is 18.7 Å². The molecular formula is C35H60CdN4O4. The van der Waals surface area contributed by atoms with Gasteiger partial charge in [0.2, 0.25) is 5.91 Å². The minimum absolute atomic E-state index is 0. The van der Waals surface area contributed by atoms with Crippen molar-refractivity contribution in [2.75, 3.05) is 13.7 Å². The molecule has 9 heteroatoms. The molecule has 8 nitrogen and oxygen atoms in total. The monoisotopic (exact) mass is 714 g/mol. The first-order valence-corrected chi connectivity index (χ1v) is 15.3. The Morgan fingerprint density at radius 3 is 2.14 bits per heavy atom. The molecular weight excluding hydrogens is 653 g/mol. The number of nitrogens with one attached hydrogen (secondary N) is 2. The Bertz CT molecular complexity index is 985. The minimum atomic E-state index is -0.295. The van der Waals surface area contributed by atoms with E-state index < -0.39 is 0 Å². The molecule has 1 aromatic heterocycles. The number of hydrogen-bond donors (Lipinski definition) is 4. The van der Waals surface area contributed by atoms with Crippen molar-refractivity contribution in [3.05, 3.63) is 72.1 Å². The van der Waals surface area contributed by atoms with Crippen molar-refractivity contribution in [3.8, 4) is 0 Å². The first-order valence-electron chi connectivity index (χ1n) is 15.3. The van der Waals surface area contributed by atoms with E-state index in [4.69, 9.17) is 15.6 Å². The fraction of sp³-hybridized carbons (Fsp3) is 0.571. The molecule has 0 aromatic carbocycles. The number of aliphatic hydroxyl groups excluding tert-OH is 2. The van der Waals surface area contributed by atoms with Crippen molar-refractivity contribution < 1.29 is 47.1 Å². The molecule has 0 saturated heterocycles. The van der Waals surface area contributed by atoms with Crippen LogP contribution in [0, 0.1) is 12.8 Å². The van der Waals surface area contributed by atoms with E-state index in [1.54, 1.807) is 43.5 Å². The van der Waals surface area contributed by atoms with Gasteiger partial charge in [0.1, 0.15) is 5.69 Å². The first kappa shape index (κ1) is 48.7. The van der Waals surface area contributed by atoms with Gasteiger partial charge in [-0.3, -0.25) is 14.6 Å². The van der Waals surface area contributed by atoms with Gasteiger partial charge in [-0.2, -0.15) is 6.21 Å². The van der Waals surface area contributed by atoms with Crippen molar-refractivity contribution in [2.24, 2.45) is 0 Å². The van der Waals surface area contributed by atoms with Crippen LogP contribution in [0.4, 0.5) is 0 Å². The third-order valence-corrected chi connectivity index (χ3v) is 5.86. The first-order chi connectivity index (χ1) is 20.2. The summed E-state index contributed by atoms with van der Waals surface area (Å²) in [5.74, 6) is -0.139. The van der Waals surface area contributed by atoms with Crippen LogP contribution in [0.25, 0.3) is 0 Å². The Hall–Kier alpha value is -2.18. The Morgan fingerprint density at radius 2 is 1.68 bits per heavy atom. The molecule has 44 heavy (non-hydrogen) atoms. The molecule has 1 fully saturated rings. The Kier molecular flexibility index (Phi) is 35.7. The summed E-state index contributed by atoms with van der Waals surface area (Å²) in [6.07, 6.45) is 20.3. The Labute approximate surface area is 289 Å². The van der Waals surface area contributed by atoms with Crippen LogP contribution in [-0.2, 0) is 45.1 Å². The van der Waals surface area contributed by atoms with Crippen LogP contribution in [0.15, 0.2) is 47.8 Å². The number of amides is 2. The van der Waals surface area contributed by atoms with Crippen LogP contribution in [0.1, 0.15) is 121 Å². The van der Waals surface area contributed by atoms with Gasteiger partial charge in [-0.1, -0.05) is 79.4 Å². The topological polar surface area (TPSA) is 127 Å². The van der Waals surface area contributed by atoms with E-state index in [9.17, 15) is 9.59 Å². The van der Waals surface area contributed by atoms with Crippen molar-refractivity contribution in [1.29, 1.82) is 5.41 Å². The van der Waals surface area contributed by atoms with Gasteiger partial charge < -0.3 is 33.3 Å². The fourth-order valence-corrected chi connectivity index (χ4v) is 3.79. The smallest absolute Gasteiger partial charge is 0.412 e. The summed E-state index contributed by atoms with van der Waals surface area (Å²) in [5.41, 5.74) is 3.73. The van der Waals surface area contributed by atoms with Gasteiger partial charge in [0.05, 0.1) is 6.10 Å². The zero-order chi connectivity index (χ0) is 32.3. The molecule has 1 aliphatic carbocycles. The second kappa shape index (κ2) is 32.2. The van der Waals surface area contributed by atoms with Gasteiger partial charge in [-0.25, -0.2) is 11.6 Å². The number of pyridine rings is 1. The maximum absolute atomic E-state index is 12.6. The molecule has 2 heterocycles. The number of carbonyl (C=O) groups excluding carboxylic acids is 2. The zero-order valence-corrected chi connectivity index (χ0v) is 33.2. The Morgan fingerprint density at radius 1 is 1.11 bits per heavy atom.